The van der Waals surface area contributed by atoms with Crippen LogP contribution in [0.1, 0.15) is 47.3 Å². The molecule has 0 atom stereocenters. The molecule has 4 rings (SSSR count). The van der Waals surface area contributed by atoms with Gasteiger partial charge in [0.25, 0.3) is 5.91 Å². The van der Waals surface area contributed by atoms with Gasteiger partial charge in [0.15, 0.2) is 0 Å². The lowest BCUT2D eigenvalue weighted by molar-refractivity contribution is 0.0931. The Hall–Kier alpha value is -2.52. The van der Waals surface area contributed by atoms with Crippen molar-refractivity contribution in [3.05, 3.63) is 47.4 Å². The highest BCUT2D eigenvalue weighted by molar-refractivity contribution is 7.89. The maximum absolute atomic E-state index is 12.6. The molecular weight excluding hydrogens is 414 g/mol. The van der Waals surface area contributed by atoms with Gasteiger partial charge in [0.2, 0.25) is 10.0 Å². The van der Waals surface area contributed by atoms with Gasteiger partial charge in [-0.2, -0.15) is 0 Å². The maximum Gasteiger partial charge on any atom is 0.251 e. The van der Waals surface area contributed by atoms with Gasteiger partial charge in [0.05, 0.1) is 4.90 Å². The summed E-state index contributed by atoms with van der Waals surface area (Å²) in [5.74, 6) is 0.888. The molecule has 1 saturated heterocycles. The van der Waals surface area contributed by atoms with E-state index < -0.39 is 10.0 Å². The molecule has 0 unspecified atom stereocenters. The predicted molar refractivity (Wildman–Crippen MR) is 119 cm³/mol. The van der Waals surface area contributed by atoms with E-state index >= 15 is 0 Å². The number of rotatable bonds is 5. The fourth-order valence-corrected chi connectivity index (χ4v) is 5.17. The molecule has 1 fully saturated rings. The van der Waals surface area contributed by atoms with Crippen LogP contribution in [0.4, 0.5) is 5.82 Å². The van der Waals surface area contributed by atoms with Crippen LogP contribution in [-0.4, -0.2) is 61.8 Å². The summed E-state index contributed by atoms with van der Waals surface area (Å²) in [6.07, 6.45) is 7.82. The lowest BCUT2D eigenvalue weighted by Gasteiger charge is -2.35. The molecule has 2 aliphatic rings. The van der Waals surface area contributed by atoms with Crippen LogP contribution >= 0.6 is 0 Å². The van der Waals surface area contributed by atoms with Crippen LogP contribution in [0, 0.1) is 0 Å². The van der Waals surface area contributed by atoms with Gasteiger partial charge in [-0.25, -0.2) is 22.7 Å². The number of hydrogen-bond acceptors (Lipinski definition) is 6. The molecule has 0 bridgehead atoms. The number of nitrogens with zero attached hydrogens (tertiary/aromatic N) is 4. The van der Waals surface area contributed by atoms with Gasteiger partial charge < -0.3 is 10.2 Å². The minimum Gasteiger partial charge on any atom is -0.356 e. The Balaban J connectivity index is 1.36. The highest BCUT2D eigenvalue weighted by atomic mass is 32.2. The smallest absolute Gasteiger partial charge is 0.251 e. The summed E-state index contributed by atoms with van der Waals surface area (Å²) in [7, 11) is -0.529. The molecule has 2 aromatic rings. The summed E-state index contributed by atoms with van der Waals surface area (Å²) >= 11 is 0. The molecule has 1 aliphatic heterocycles. The van der Waals surface area contributed by atoms with Crippen LogP contribution in [-0.2, 0) is 22.9 Å². The van der Waals surface area contributed by atoms with Crippen molar-refractivity contribution in [3.63, 3.8) is 0 Å². The average molecular weight is 444 g/mol. The molecule has 0 saturated carbocycles. The Labute approximate surface area is 183 Å². The number of carbonyl (C=O) groups is 1. The van der Waals surface area contributed by atoms with Crippen LogP contribution in [0.25, 0.3) is 0 Å². The summed E-state index contributed by atoms with van der Waals surface area (Å²) in [5, 5.41) is 3.09. The fourth-order valence-electron chi connectivity index (χ4n) is 4.27. The topological polar surface area (TPSA) is 95.5 Å². The first-order valence-electron chi connectivity index (χ1n) is 10.8. The van der Waals surface area contributed by atoms with Crippen molar-refractivity contribution < 1.29 is 13.2 Å². The lowest BCUT2D eigenvalue weighted by atomic mass is 9.95. The highest BCUT2D eigenvalue weighted by Crippen LogP contribution is 2.29. The lowest BCUT2D eigenvalue weighted by Crippen LogP contribution is -2.45. The zero-order chi connectivity index (χ0) is 22.0. The second kappa shape index (κ2) is 8.92. The predicted octanol–water partition coefficient (Wildman–Crippen LogP) is 2.00. The van der Waals surface area contributed by atoms with Gasteiger partial charge in [0, 0.05) is 50.0 Å². The number of fused-ring (bicyclic) bond motifs is 1. The monoisotopic (exact) mass is 443 g/mol. The minimum atomic E-state index is -3.50. The quantitative estimate of drug-likeness (QED) is 0.760. The third-order valence-electron chi connectivity index (χ3n) is 6.13. The number of nitrogens with one attached hydrogen (secondary N) is 1. The molecule has 1 amide bonds. The van der Waals surface area contributed by atoms with Gasteiger partial charge in [-0.15, -0.1) is 0 Å². The number of piperidine rings is 1. The van der Waals surface area contributed by atoms with Gasteiger partial charge in [0.1, 0.15) is 12.1 Å². The van der Waals surface area contributed by atoms with E-state index in [-0.39, 0.29) is 16.8 Å². The Bertz CT molecular complexity index is 1050. The van der Waals surface area contributed by atoms with Crippen molar-refractivity contribution in [2.75, 3.05) is 32.1 Å². The van der Waals surface area contributed by atoms with Gasteiger partial charge in [-0.05, 0) is 62.8 Å². The van der Waals surface area contributed by atoms with E-state index in [1.54, 1.807) is 18.5 Å². The Morgan fingerprint density at radius 3 is 2.42 bits per heavy atom. The maximum atomic E-state index is 12.6. The first-order valence-corrected chi connectivity index (χ1v) is 12.2. The van der Waals surface area contributed by atoms with Crippen LogP contribution in [0.3, 0.4) is 0 Å². The molecule has 1 aliphatic carbocycles. The number of hydrogen-bond donors (Lipinski definition) is 1. The first-order chi connectivity index (χ1) is 14.9. The van der Waals surface area contributed by atoms with E-state index in [0.717, 1.165) is 48.9 Å². The number of aromatic nitrogens is 2. The number of benzene rings is 1. The largest absolute Gasteiger partial charge is 0.356 e. The summed E-state index contributed by atoms with van der Waals surface area (Å²) in [5.41, 5.74) is 2.94. The van der Waals surface area contributed by atoms with Gasteiger partial charge in [-0.3, -0.25) is 4.79 Å². The summed E-state index contributed by atoms with van der Waals surface area (Å²) in [4.78, 5) is 24.2. The van der Waals surface area contributed by atoms with Gasteiger partial charge in [-0.1, -0.05) is 0 Å². The van der Waals surface area contributed by atoms with Crippen molar-refractivity contribution in [3.8, 4) is 0 Å². The molecule has 1 N–H and O–H groups in total. The Morgan fingerprint density at radius 1 is 1.06 bits per heavy atom. The van der Waals surface area contributed by atoms with E-state index in [1.165, 1.54) is 50.3 Å². The molecule has 31 heavy (non-hydrogen) atoms. The molecule has 166 valence electrons. The molecule has 2 heterocycles. The summed E-state index contributed by atoms with van der Waals surface area (Å²) in [6, 6.07) is 6.17. The summed E-state index contributed by atoms with van der Waals surface area (Å²) in [6.45, 7) is 1.68. The molecule has 1 aromatic carbocycles. The van der Waals surface area contributed by atoms with Crippen molar-refractivity contribution >= 4 is 21.7 Å². The summed E-state index contributed by atoms with van der Waals surface area (Å²) < 4.78 is 25.5. The third-order valence-corrected chi connectivity index (χ3v) is 7.96. The zero-order valence-electron chi connectivity index (χ0n) is 18.0. The third kappa shape index (κ3) is 4.57. The molecule has 8 nitrogen and oxygen atoms in total. The van der Waals surface area contributed by atoms with Crippen molar-refractivity contribution in [2.45, 2.75) is 49.5 Å². The molecule has 9 heteroatoms. The molecule has 0 spiro atoms. The van der Waals surface area contributed by atoms with E-state index in [4.69, 9.17) is 0 Å². The van der Waals surface area contributed by atoms with Crippen LogP contribution in [0.15, 0.2) is 35.5 Å². The molecule has 0 radical (unpaired) electrons. The van der Waals surface area contributed by atoms with E-state index in [0.29, 0.717) is 5.56 Å². The Kier molecular flexibility index (Phi) is 6.24. The number of sulfonamides is 1. The average Bonchev–Trinajstić information content (AvgIpc) is 2.79. The molecule has 1 aromatic heterocycles. The van der Waals surface area contributed by atoms with Crippen LogP contribution in [0.2, 0.25) is 0 Å². The first kappa shape index (κ1) is 21.7. The number of carbonyl (C=O) groups excluding carboxylic acids is 1. The highest BCUT2D eigenvalue weighted by Gasteiger charge is 2.26. The number of aryl methyl sites for hydroxylation is 1. The van der Waals surface area contributed by atoms with Crippen LogP contribution in [0.5, 0.6) is 0 Å². The normalized spacial score (nSPS) is 17.5. The van der Waals surface area contributed by atoms with E-state index in [1.807, 2.05) is 0 Å². The standard InChI is InChI=1S/C22H29N5O3S/c1-26(2)31(29,30)18-9-7-16(8-10-18)22(28)25-17-11-13-27(14-12-17)21-19-5-3-4-6-20(19)23-15-24-21/h7-10,15,17H,3-6,11-14H2,1-2H3,(H,25,28). The number of anilines is 1. The SMILES string of the molecule is CN(C)S(=O)(=O)c1ccc(C(=O)NC2CCN(c3ncnc4c3CCCC4)CC2)cc1. The zero-order valence-corrected chi connectivity index (χ0v) is 18.9. The molecular formula is C22H29N5O3S. The van der Waals surface area contributed by atoms with Crippen molar-refractivity contribution in [2.24, 2.45) is 0 Å². The second-order valence-corrected chi connectivity index (χ2v) is 10.5. The van der Waals surface area contributed by atoms with Crippen molar-refractivity contribution in [1.29, 1.82) is 0 Å². The van der Waals surface area contributed by atoms with E-state index in [9.17, 15) is 13.2 Å². The second-order valence-electron chi connectivity index (χ2n) is 8.38. The minimum absolute atomic E-state index is 0.0894. The Morgan fingerprint density at radius 2 is 1.74 bits per heavy atom. The van der Waals surface area contributed by atoms with Gasteiger partial charge >= 0.3 is 0 Å². The number of amides is 1. The van der Waals surface area contributed by atoms with Crippen LogP contribution < -0.4 is 10.2 Å². The fraction of sp³-hybridized carbons (Fsp3) is 0.500. The van der Waals surface area contributed by atoms with E-state index in [2.05, 4.69) is 20.2 Å². The van der Waals surface area contributed by atoms with Crippen molar-refractivity contribution in [1.82, 2.24) is 19.6 Å².